The molecule has 0 bridgehead atoms. The number of nitrogens with zero attached hydrogens (tertiary/aromatic N) is 3. The van der Waals surface area contributed by atoms with Gasteiger partial charge in [0.15, 0.2) is 0 Å². The number of halogens is 1. The quantitative estimate of drug-likeness (QED) is 0.368. The number of nitrogens with one attached hydrogen (secondary N) is 1. The maximum Gasteiger partial charge on any atom is 0.230 e. The van der Waals surface area contributed by atoms with E-state index < -0.39 is 0 Å². The van der Waals surface area contributed by atoms with Gasteiger partial charge in [0.25, 0.3) is 0 Å². The molecule has 154 valence electrons. The van der Waals surface area contributed by atoms with Crippen LogP contribution in [0.25, 0.3) is 5.69 Å². The number of aryl methyl sites for hydroxylation is 2. The molecule has 0 saturated heterocycles. The van der Waals surface area contributed by atoms with Gasteiger partial charge < -0.3 is 11.1 Å². The van der Waals surface area contributed by atoms with Crippen LogP contribution >= 0.6 is 27.7 Å². The van der Waals surface area contributed by atoms with E-state index in [-0.39, 0.29) is 5.91 Å². The highest BCUT2D eigenvalue weighted by atomic mass is 79.9. The summed E-state index contributed by atoms with van der Waals surface area (Å²) in [5.41, 5.74) is 9.11. The fourth-order valence-corrected chi connectivity index (χ4v) is 4.31. The highest BCUT2D eigenvalue weighted by Gasteiger charge is 2.16. The Kier molecular flexibility index (Phi) is 7.55. The minimum absolute atomic E-state index is 0.0165. The molecular weight excluding hydrogens is 462 g/mol. The van der Waals surface area contributed by atoms with E-state index >= 15 is 0 Å². The Hall–Kier alpha value is -2.76. The first-order valence-corrected chi connectivity index (χ1v) is 11.3. The molecule has 3 N–H and O–H groups in total. The van der Waals surface area contributed by atoms with Crippen molar-refractivity contribution in [3.63, 3.8) is 0 Å². The highest BCUT2D eigenvalue weighted by Crippen LogP contribution is 2.25. The monoisotopic (exact) mass is 483 g/mol. The van der Waals surface area contributed by atoms with Crippen molar-refractivity contribution in [2.45, 2.75) is 24.7 Å². The number of benzene rings is 2. The van der Waals surface area contributed by atoms with Gasteiger partial charge in [-0.05, 0) is 55.7 Å². The maximum absolute atomic E-state index is 12.1. The van der Waals surface area contributed by atoms with E-state index in [1.54, 1.807) is 4.68 Å². The Balaban J connectivity index is 1.50. The van der Waals surface area contributed by atoms with Gasteiger partial charge in [0.05, 0.1) is 17.1 Å². The van der Waals surface area contributed by atoms with Crippen molar-refractivity contribution in [2.24, 2.45) is 0 Å². The average Bonchev–Trinajstić information content (AvgIpc) is 3.06. The molecule has 0 spiro atoms. The Morgan fingerprint density at radius 1 is 1.30 bits per heavy atom. The lowest BCUT2D eigenvalue weighted by atomic mass is 10.1. The smallest absolute Gasteiger partial charge is 0.230 e. The number of nitrogens with two attached hydrogens (primary N) is 1. The Morgan fingerprint density at radius 3 is 2.77 bits per heavy atom. The standard InChI is InChI=1S/C22H22BrN5OS/c1-15-12-16(23)9-10-20(15)30-14-21(29)26-11-5-8-19-18(13-24)22(25)28(27-19)17-6-3-2-4-7-17/h2-4,6-7,9-10,12H,5,8,11,14,25H2,1H3,(H,26,29). The van der Waals surface area contributed by atoms with E-state index in [9.17, 15) is 10.1 Å². The normalized spacial score (nSPS) is 10.6. The number of para-hydroxylation sites is 1. The number of hydrogen-bond acceptors (Lipinski definition) is 5. The molecule has 0 radical (unpaired) electrons. The topological polar surface area (TPSA) is 96.7 Å². The van der Waals surface area contributed by atoms with Crippen molar-refractivity contribution < 1.29 is 4.79 Å². The fourth-order valence-electron chi connectivity index (χ4n) is 2.99. The molecule has 30 heavy (non-hydrogen) atoms. The highest BCUT2D eigenvalue weighted by molar-refractivity contribution is 9.10. The third-order valence-corrected chi connectivity index (χ3v) is 6.18. The molecule has 3 aromatic rings. The van der Waals surface area contributed by atoms with Crippen LogP contribution in [0.15, 0.2) is 57.9 Å². The molecule has 0 aliphatic carbocycles. The number of nitrogen functional groups attached to an aromatic ring is 1. The summed E-state index contributed by atoms with van der Waals surface area (Å²) >= 11 is 4.96. The van der Waals surface area contributed by atoms with Crippen LogP contribution in [0.2, 0.25) is 0 Å². The van der Waals surface area contributed by atoms with Crippen LogP contribution < -0.4 is 11.1 Å². The van der Waals surface area contributed by atoms with Crippen molar-refractivity contribution in [2.75, 3.05) is 18.0 Å². The summed E-state index contributed by atoms with van der Waals surface area (Å²) < 4.78 is 2.62. The van der Waals surface area contributed by atoms with Crippen molar-refractivity contribution in [3.8, 4) is 11.8 Å². The van der Waals surface area contributed by atoms with Gasteiger partial charge in [-0.1, -0.05) is 34.1 Å². The van der Waals surface area contributed by atoms with E-state index in [1.165, 1.54) is 11.8 Å². The molecule has 0 saturated carbocycles. The first kappa shape index (κ1) is 21.9. The third kappa shape index (κ3) is 5.43. The second-order valence-corrected chi connectivity index (χ2v) is 8.65. The minimum Gasteiger partial charge on any atom is -0.382 e. The zero-order valence-electron chi connectivity index (χ0n) is 16.6. The van der Waals surface area contributed by atoms with Gasteiger partial charge in [0.2, 0.25) is 5.91 Å². The molecule has 0 aliphatic rings. The van der Waals surface area contributed by atoms with Gasteiger partial charge in [-0.3, -0.25) is 4.79 Å². The number of carbonyl (C=O) groups excluding carboxylic acids is 1. The second kappa shape index (κ2) is 10.3. The predicted molar refractivity (Wildman–Crippen MR) is 124 cm³/mol. The summed E-state index contributed by atoms with van der Waals surface area (Å²) in [5, 5.41) is 16.9. The Labute approximate surface area is 188 Å². The first-order chi connectivity index (χ1) is 14.5. The summed E-state index contributed by atoms with van der Waals surface area (Å²) in [5.74, 6) is 0.683. The summed E-state index contributed by atoms with van der Waals surface area (Å²) in [6.45, 7) is 2.54. The van der Waals surface area contributed by atoms with E-state index in [1.807, 2.05) is 55.5 Å². The summed E-state index contributed by atoms with van der Waals surface area (Å²) in [6, 6.07) is 17.6. The van der Waals surface area contributed by atoms with Gasteiger partial charge >= 0.3 is 0 Å². The number of amides is 1. The number of nitriles is 1. The summed E-state index contributed by atoms with van der Waals surface area (Å²) in [7, 11) is 0. The molecule has 8 heteroatoms. The van der Waals surface area contributed by atoms with Crippen molar-refractivity contribution in [1.82, 2.24) is 15.1 Å². The van der Waals surface area contributed by atoms with Crippen LogP contribution in [-0.2, 0) is 11.2 Å². The summed E-state index contributed by atoms with van der Waals surface area (Å²) in [4.78, 5) is 13.2. The van der Waals surface area contributed by atoms with Crippen molar-refractivity contribution in [3.05, 3.63) is 69.8 Å². The maximum atomic E-state index is 12.1. The molecule has 0 aliphatic heterocycles. The van der Waals surface area contributed by atoms with Crippen LogP contribution in [-0.4, -0.2) is 28.0 Å². The van der Waals surface area contributed by atoms with Gasteiger partial charge in [0, 0.05) is 15.9 Å². The van der Waals surface area contributed by atoms with Gasteiger partial charge in [0.1, 0.15) is 17.5 Å². The lowest BCUT2D eigenvalue weighted by Crippen LogP contribution is -2.26. The van der Waals surface area contributed by atoms with Crippen molar-refractivity contribution in [1.29, 1.82) is 5.26 Å². The molecule has 0 atom stereocenters. The average molecular weight is 484 g/mol. The van der Waals surface area contributed by atoms with Gasteiger partial charge in [-0.25, -0.2) is 4.68 Å². The lowest BCUT2D eigenvalue weighted by molar-refractivity contribution is -0.118. The molecule has 2 aromatic carbocycles. The molecular formula is C22H22BrN5OS. The van der Waals surface area contributed by atoms with Gasteiger partial charge in [-0.2, -0.15) is 10.4 Å². The number of anilines is 1. The van der Waals surface area contributed by atoms with Gasteiger partial charge in [-0.15, -0.1) is 11.8 Å². The molecule has 0 fully saturated rings. The predicted octanol–water partition coefficient (Wildman–Crippen LogP) is 4.24. The van der Waals surface area contributed by atoms with Crippen LogP contribution in [0.3, 0.4) is 0 Å². The van der Waals surface area contributed by atoms with Crippen molar-refractivity contribution >= 4 is 39.4 Å². The Bertz CT molecular complexity index is 1080. The van der Waals surface area contributed by atoms with Crippen LogP contribution in [0.1, 0.15) is 23.2 Å². The number of carbonyl (C=O) groups is 1. The SMILES string of the molecule is Cc1cc(Br)ccc1SCC(=O)NCCCc1nn(-c2ccccc2)c(N)c1C#N. The molecule has 3 rings (SSSR count). The number of hydrogen-bond donors (Lipinski definition) is 2. The zero-order chi connectivity index (χ0) is 21.5. The second-order valence-electron chi connectivity index (χ2n) is 6.72. The first-order valence-electron chi connectivity index (χ1n) is 9.48. The molecule has 6 nitrogen and oxygen atoms in total. The molecule has 1 aromatic heterocycles. The van der Waals surface area contributed by atoms with E-state index in [0.717, 1.165) is 20.6 Å². The lowest BCUT2D eigenvalue weighted by Gasteiger charge is -2.07. The van der Waals surface area contributed by atoms with E-state index in [4.69, 9.17) is 5.73 Å². The van der Waals surface area contributed by atoms with E-state index in [0.29, 0.717) is 42.2 Å². The minimum atomic E-state index is -0.0165. The molecule has 1 heterocycles. The number of aromatic nitrogens is 2. The Morgan fingerprint density at radius 2 is 2.07 bits per heavy atom. The van der Waals surface area contributed by atoms with Crippen LogP contribution in [0, 0.1) is 18.3 Å². The summed E-state index contributed by atoms with van der Waals surface area (Å²) in [6.07, 6.45) is 1.24. The zero-order valence-corrected chi connectivity index (χ0v) is 19.0. The van der Waals surface area contributed by atoms with Crippen LogP contribution in [0.4, 0.5) is 5.82 Å². The fraction of sp³-hybridized carbons (Fsp3) is 0.227. The molecule has 1 amide bonds. The largest absolute Gasteiger partial charge is 0.382 e. The third-order valence-electron chi connectivity index (χ3n) is 4.51. The van der Waals surface area contributed by atoms with Crippen LogP contribution in [0.5, 0.6) is 0 Å². The number of rotatable bonds is 8. The molecule has 0 unspecified atom stereocenters. The van der Waals surface area contributed by atoms with E-state index in [2.05, 4.69) is 32.4 Å². The number of thioether (sulfide) groups is 1.